The van der Waals surface area contributed by atoms with Crippen LogP contribution in [0.25, 0.3) is 11.3 Å². The van der Waals surface area contributed by atoms with E-state index in [0.29, 0.717) is 35.7 Å². The molecule has 0 aliphatic heterocycles. The molecule has 1 aromatic heterocycles. The van der Waals surface area contributed by atoms with Crippen molar-refractivity contribution < 1.29 is 4.92 Å². The Balaban J connectivity index is 2.08. The molecule has 27 heavy (non-hydrogen) atoms. The van der Waals surface area contributed by atoms with Crippen molar-refractivity contribution in [3.05, 3.63) is 88.0 Å². The number of nitro groups is 1. The molecule has 3 rings (SSSR count). The summed E-state index contributed by atoms with van der Waals surface area (Å²) in [5.74, 6) is 0.512. The Hall–Kier alpha value is -3.72. The quantitative estimate of drug-likeness (QED) is 0.477. The minimum Gasteiger partial charge on any atom is -0.352 e. The second-order valence-corrected chi connectivity index (χ2v) is 5.98. The summed E-state index contributed by atoms with van der Waals surface area (Å²) in [6.07, 6.45) is 0. The first-order valence-electron chi connectivity index (χ1n) is 8.57. The Kier molecular flexibility index (Phi) is 5.43. The first kappa shape index (κ1) is 18.1. The van der Waals surface area contributed by atoms with Gasteiger partial charge in [0.2, 0.25) is 0 Å². The highest BCUT2D eigenvalue weighted by molar-refractivity contribution is 5.71. The van der Waals surface area contributed by atoms with Crippen molar-refractivity contribution in [1.29, 1.82) is 5.26 Å². The van der Waals surface area contributed by atoms with Gasteiger partial charge in [0, 0.05) is 24.7 Å². The van der Waals surface area contributed by atoms with Crippen LogP contribution >= 0.6 is 0 Å². The number of pyridine rings is 1. The summed E-state index contributed by atoms with van der Waals surface area (Å²) in [4.78, 5) is 17.6. The van der Waals surface area contributed by atoms with Gasteiger partial charge in [-0.25, -0.2) is 4.98 Å². The molecule has 0 amide bonds. The topological polar surface area (TPSA) is 83.1 Å². The minimum absolute atomic E-state index is 0.0470. The maximum atomic E-state index is 11.5. The van der Waals surface area contributed by atoms with Crippen LogP contribution in [0.15, 0.2) is 66.7 Å². The fraction of sp³-hybridized carbons (Fsp3) is 0.143. The van der Waals surface area contributed by atoms with Gasteiger partial charge in [-0.1, -0.05) is 48.5 Å². The van der Waals surface area contributed by atoms with Crippen LogP contribution in [0.1, 0.15) is 18.1 Å². The number of anilines is 1. The molecule has 1 heterocycles. The monoisotopic (exact) mass is 358 g/mol. The predicted octanol–water partition coefficient (Wildman–Crippen LogP) is 4.55. The molecule has 0 atom stereocenters. The van der Waals surface area contributed by atoms with Gasteiger partial charge in [-0.2, -0.15) is 5.26 Å². The summed E-state index contributed by atoms with van der Waals surface area (Å²) in [6, 6.07) is 21.9. The summed E-state index contributed by atoms with van der Waals surface area (Å²) >= 11 is 0. The SMILES string of the molecule is CCN(Cc1ccccc1)c1cc([N+](=O)[O-])cc(-c2ccccc2C#N)n1. The normalized spacial score (nSPS) is 10.2. The molecule has 0 unspecified atom stereocenters. The minimum atomic E-state index is -0.431. The van der Waals surface area contributed by atoms with Crippen molar-refractivity contribution in [3.8, 4) is 17.3 Å². The molecule has 134 valence electrons. The Morgan fingerprint density at radius 1 is 1.11 bits per heavy atom. The van der Waals surface area contributed by atoms with Gasteiger partial charge in [-0.3, -0.25) is 10.1 Å². The number of benzene rings is 2. The van der Waals surface area contributed by atoms with Crippen molar-refractivity contribution in [3.63, 3.8) is 0 Å². The predicted molar refractivity (Wildman–Crippen MR) is 104 cm³/mol. The van der Waals surface area contributed by atoms with Crippen molar-refractivity contribution in [2.45, 2.75) is 13.5 Å². The van der Waals surface area contributed by atoms with Crippen LogP contribution in [0.4, 0.5) is 11.5 Å². The highest BCUT2D eigenvalue weighted by Crippen LogP contribution is 2.29. The number of hydrogen-bond donors (Lipinski definition) is 0. The van der Waals surface area contributed by atoms with Gasteiger partial charge in [0.25, 0.3) is 5.69 Å². The van der Waals surface area contributed by atoms with E-state index in [4.69, 9.17) is 0 Å². The zero-order valence-corrected chi connectivity index (χ0v) is 14.9. The first-order chi connectivity index (χ1) is 13.1. The molecule has 0 spiro atoms. The molecule has 2 aromatic carbocycles. The van der Waals surface area contributed by atoms with E-state index in [1.54, 1.807) is 24.3 Å². The largest absolute Gasteiger partial charge is 0.352 e. The molecule has 0 radical (unpaired) electrons. The first-order valence-corrected chi connectivity index (χ1v) is 8.57. The highest BCUT2D eigenvalue weighted by atomic mass is 16.6. The second kappa shape index (κ2) is 8.11. The van der Waals surface area contributed by atoms with Crippen LogP contribution in [0.2, 0.25) is 0 Å². The highest BCUT2D eigenvalue weighted by Gasteiger charge is 2.17. The average molecular weight is 358 g/mol. The molecule has 0 saturated heterocycles. The van der Waals surface area contributed by atoms with E-state index in [9.17, 15) is 15.4 Å². The van der Waals surface area contributed by atoms with Crippen molar-refractivity contribution in [2.75, 3.05) is 11.4 Å². The Morgan fingerprint density at radius 2 is 1.81 bits per heavy atom. The van der Waals surface area contributed by atoms with Crippen LogP contribution in [-0.4, -0.2) is 16.5 Å². The van der Waals surface area contributed by atoms with Crippen molar-refractivity contribution in [1.82, 2.24) is 4.98 Å². The fourth-order valence-corrected chi connectivity index (χ4v) is 2.87. The molecule has 3 aromatic rings. The van der Waals surface area contributed by atoms with E-state index in [-0.39, 0.29) is 5.69 Å². The van der Waals surface area contributed by atoms with Gasteiger partial charge in [0.05, 0.1) is 28.3 Å². The number of nitrogens with zero attached hydrogens (tertiary/aromatic N) is 4. The van der Waals surface area contributed by atoms with E-state index in [1.807, 2.05) is 42.2 Å². The molecular weight excluding hydrogens is 340 g/mol. The number of aromatic nitrogens is 1. The number of nitriles is 1. The van der Waals surface area contributed by atoms with Gasteiger partial charge in [-0.05, 0) is 18.6 Å². The van der Waals surface area contributed by atoms with E-state index in [2.05, 4.69) is 11.1 Å². The van der Waals surface area contributed by atoms with Crippen molar-refractivity contribution in [2.24, 2.45) is 0 Å². The molecule has 0 fully saturated rings. The third-order valence-electron chi connectivity index (χ3n) is 4.25. The Morgan fingerprint density at radius 3 is 2.48 bits per heavy atom. The number of rotatable bonds is 6. The molecule has 0 aliphatic carbocycles. The zero-order chi connectivity index (χ0) is 19.2. The van der Waals surface area contributed by atoms with Crippen LogP contribution < -0.4 is 4.90 Å². The summed E-state index contributed by atoms with van der Waals surface area (Å²) in [6.45, 7) is 3.21. The molecule has 0 aliphatic rings. The molecule has 0 saturated carbocycles. The van der Waals surface area contributed by atoms with Crippen LogP contribution in [0, 0.1) is 21.4 Å². The lowest BCUT2D eigenvalue weighted by molar-refractivity contribution is -0.384. The Labute approximate surface area is 157 Å². The zero-order valence-electron chi connectivity index (χ0n) is 14.9. The van der Waals surface area contributed by atoms with E-state index >= 15 is 0 Å². The van der Waals surface area contributed by atoms with Gasteiger partial charge >= 0.3 is 0 Å². The van der Waals surface area contributed by atoms with E-state index < -0.39 is 4.92 Å². The van der Waals surface area contributed by atoms with E-state index in [1.165, 1.54) is 12.1 Å². The maximum Gasteiger partial charge on any atom is 0.275 e. The van der Waals surface area contributed by atoms with E-state index in [0.717, 1.165) is 5.56 Å². The van der Waals surface area contributed by atoms with Gasteiger partial charge in [0.1, 0.15) is 5.82 Å². The van der Waals surface area contributed by atoms with Gasteiger partial charge in [0.15, 0.2) is 0 Å². The summed E-state index contributed by atoms with van der Waals surface area (Å²) in [7, 11) is 0. The van der Waals surface area contributed by atoms with Crippen LogP contribution in [0.5, 0.6) is 0 Å². The maximum absolute atomic E-state index is 11.5. The lowest BCUT2D eigenvalue weighted by Gasteiger charge is -2.22. The fourth-order valence-electron chi connectivity index (χ4n) is 2.87. The summed E-state index contributed by atoms with van der Waals surface area (Å²) in [5, 5.41) is 20.8. The van der Waals surface area contributed by atoms with Gasteiger partial charge in [-0.15, -0.1) is 0 Å². The molecule has 6 heteroatoms. The second-order valence-electron chi connectivity index (χ2n) is 5.98. The van der Waals surface area contributed by atoms with Gasteiger partial charge < -0.3 is 4.90 Å². The molecular formula is C21H18N4O2. The third-order valence-corrected chi connectivity index (χ3v) is 4.25. The summed E-state index contributed by atoms with van der Waals surface area (Å²) in [5.41, 5.74) is 2.48. The molecule has 6 nitrogen and oxygen atoms in total. The summed E-state index contributed by atoms with van der Waals surface area (Å²) < 4.78 is 0. The van der Waals surface area contributed by atoms with Crippen LogP contribution in [0.3, 0.4) is 0 Å². The number of hydrogen-bond acceptors (Lipinski definition) is 5. The molecule has 0 N–H and O–H groups in total. The standard InChI is InChI=1S/C21H18N4O2/c1-2-24(15-16-8-4-3-5-9-16)21-13-18(25(26)27)12-20(23-21)19-11-7-6-10-17(19)14-22/h3-13H,2,15H2,1H3. The third kappa shape index (κ3) is 4.10. The van der Waals surface area contributed by atoms with Crippen LogP contribution in [-0.2, 0) is 6.54 Å². The smallest absolute Gasteiger partial charge is 0.275 e. The average Bonchev–Trinajstić information content (AvgIpc) is 2.72. The Bertz CT molecular complexity index is 997. The lowest BCUT2D eigenvalue weighted by Crippen LogP contribution is -2.23. The van der Waals surface area contributed by atoms with Crippen molar-refractivity contribution >= 4 is 11.5 Å². The molecule has 0 bridgehead atoms. The lowest BCUT2D eigenvalue weighted by atomic mass is 10.0.